The van der Waals surface area contributed by atoms with Crippen molar-refractivity contribution in [3.05, 3.63) is 29.3 Å². The zero-order chi connectivity index (χ0) is 31.9. The summed E-state index contributed by atoms with van der Waals surface area (Å²) in [6.07, 6.45) is -8.71. The van der Waals surface area contributed by atoms with E-state index in [2.05, 4.69) is 0 Å². The van der Waals surface area contributed by atoms with Gasteiger partial charge < -0.3 is 45.8 Å². The van der Waals surface area contributed by atoms with Gasteiger partial charge in [0.05, 0.1) is 29.7 Å². The minimum absolute atomic E-state index is 0.00367. The lowest BCUT2D eigenvalue weighted by Crippen LogP contribution is -2.75. The van der Waals surface area contributed by atoms with E-state index >= 15 is 0 Å². The topological polar surface area (TPSA) is 254 Å². The molecule has 3 fully saturated rings. The molecular weight excluding hydrogens is 572 g/mol. The molecule has 234 valence electrons. The van der Waals surface area contributed by atoms with Crippen LogP contribution in [0.1, 0.15) is 29.3 Å². The van der Waals surface area contributed by atoms with Gasteiger partial charge in [-0.25, -0.2) is 0 Å². The molecule has 5 rings (SSSR count). The lowest BCUT2D eigenvalue weighted by molar-refractivity contribution is -0.277. The van der Waals surface area contributed by atoms with Crippen molar-refractivity contribution in [3.8, 4) is 5.75 Å². The fourth-order valence-corrected chi connectivity index (χ4v) is 7.25. The highest BCUT2D eigenvalue weighted by Crippen LogP contribution is 2.55. The number of benzene rings is 1. The Hall–Kier alpha value is -3.15. The molecule has 0 radical (unpaired) electrons. The first kappa shape index (κ1) is 31.3. The summed E-state index contributed by atoms with van der Waals surface area (Å²) in [5.41, 5.74) is 0.0729. The van der Waals surface area contributed by atoms with Gasteiger partial charge in [0, 0.05) is 11.8 Å². The average molecular weight is 607 g/mol. The Morgan fingerprint density at radius 2 is 1.70 bits per heavy atom. The summed E-state index contributed by atoms with van der Waals surface area (Å²) < 4.78 is 11.1. The maximum atomic E-state index is 14.1. The Morgan fingerprint density at radius 3 is 2.28 bits per heavy atom. The van der Waals surface area contributed by atoms with Crippen LogP contribution in [0.15, 0.2) is 18.2 Å². The highest BCUT2D eigenvalue weighted by atomic mass is 16.7. The van der Waals surface area contributed by atoms with E-state index in [4.69, 9.17) is 15.2 Å². The average Bonchev–Trinajstić information content (AvgIpc) is 2.93. The third-order valence-corrected chi connectivity index (χ3v) is 9.45. The quantitative estimate of drug-likeness (QED) is 0.158. The van der Waals surface area contributed by atoms with Crippen LogP contribution >= 0.6 is 0 Å². The second kappa shape index (κ2) is 10.5. The summed E-state index contributed by atoms with van der Waals surface area (Å²) in [5, 5.41) is 63.9. The number of aliphatic hydroxyl groups excluding tert-OH is 4. The zero-order valence-electron chi connectivity index (χ0n) is 23.5. The van der Waals surface area contributed by atoms with Gasteiger partial charge in [0.2, 0.25) is 12.2 Å². The molecular formula is C28H34N2O13. The monoisotopic (exact) mass is 606 g/mol. The van der Waals surface area contributed by atoms with E-state index in [0.717, 1.165) is 0 Å². The van der Waals surface area contributed by atoms with Crippen molar-refractivity contribution in [2.24, 2.45) is 29.4 Å². The van der Waals surface area contributed by atoms with Crippen molar-refractivity contribution in [2.45, 2.75) is 61.3 Å². The summed E-state index contributed by atoms with van der Waals surface area (Å²) in [7, 11) is 2.91. The molecule has 12 atom stereocenters. The summed E-state index contributed by atoms with van der Waals surface area (Å²) in [5.74, 6) is -12.8. The van der Waals surface area contributed by atoms with Gasteiger partial charge in [-0.15, -0.1) is 0 Å². The molecule has 15 nitrogen and oxygen atoms in total. The predicted molar refractivity (Wildman–Crippen MR) is 140 cm³/mol. The van der Waals surface area contributed by atoms with Gasteiger partial charge >= 0.3 is 0 Å². The first-order valence-electron chi connectivity index (χ1n) is 13.7. The minimum Gasteiger partial charge on any atom is -0.461 e. The lowest BCUT2D eigenvalue weighted by Gasteiger charge is -2.55. The summed E-state index contributed by atoms with van der Waals surface area (Å²) >= 11 is 0. The number of nitrogens with two attached hydrogens (primary N) is 1. The number of ether oxygens (including phenoxy) is 2. The number of fused-ring (bicyclic) bond motifs is 3. The summed E-state index contributed by atoms with van der Waals surface area (Å²) in [6.45, 7) is 0.578. The zero-order valence-corrected chi connectivity index (χ0v) is 23.5. The molecule has 8 unspecified atom stereocenters. The van der Waals surface area contributed by atoms with Gasteiger partial charge in [-0.2, -0.15) is 0 Å². The second-order valence-corrected chi connectivity index (χ2v) is 12.1. The fraction of sp³-hybridized carbons (Fsp3) is 0.607. The van der Waals surface area contributed by atoms with Crippen molar-refractivity contribution in [1.29, 1.82) is 0 Å². The van der Waals surface area contributed by atoms with Crippen molar-refractivity contribution in [2.75, 3.05) is 20.7 Å². The van der Waals surface area contributed by atoms with Crippen LogP contribution in [0.3, 0.4) is 0 Å². The first-order valence-corrected chi connectivity index (χ1v) is 13.7. The summed E-state index contributed by atoms with van der Waals surface area (Å²) in [4.78, 5) is 68.4. The smallest absolute Gasteiger partial charge is 0.235 e. The van der Waals surface area contributed by atoms with Crippen LogP contribution in [-0.2, 0) is 29.5 Å². The first-order chi connectivity index (χ1) is 20.0. The number of carbonyl (C=O) groups is 5. The van der Waals surface area contributed by atoms with E-state index in [1.54, 1.807) is 0 Å². The minimum atomic E-state index is -2.96. The van der Waals surface area contributed by atoms with Crippen LogP contribution in [0.2, 0.25) is 0 Å². The van der Waals surface area contributed by atoms with Gasteiger partial charge in [0.25, 0.3) is 0 Å². The van der Waals surface area contributed by atoms with Crippen LogP contribution in [0, 0.1) is 23.7 Å². The van der Waals surface area contributed by atoms with Crippen LogP contribution < -0.4 is 10.5 Å². The molecule has 1 aliphatic heterocycles. The van der Waals surface area contributed by atoms with Crippen molar-refractivity contribution >= 4 is 29.0 Å². The van der Waals surface area contributed by atoms with Gasteiger partial charge in [-0.3, -0.25) is 28.9 Å². The Kier molecular flexibility index (Phi) is 7.63. The number of aliphatic hydroxyl groups is 6. The van der Waals surface area contributed by atoms with Gasteiger partial charge in [0.15, 0.2) is 34.7 Å². The molecule has 0 aromatic heterocycles. The molecule has 1 amide bonds. The molecule has 3 aliphatic carbocycles. The van der Waals surface area contributed by atoms with E-state index in [1.165, 1.54) is 44.1 Å². The normalized spacial score (nSPS) is 42.7. The number of ketones is 4. The molecule has 1 saturated heterocycles. The number of likely N-dealkylation sites (N-methyl/N-ethyl adjacent to an activating group) is 1. The van der Waals surface area contributed by atoms with Crippen molar-refractivity contribution < 1.29 is 64.1 Å². The Bertz CT molecular complexity index is 1390. The van der Waals surface area contributed by atoms with Crippen LogP contribution in [0.25, 0.3) is 0 Å². The maximum Gasteiger partial charge on any atom is 0.235 e. The molecule has 43 heavy (non-hydrogen) atoms. The molecule has 0 spiro atoms. The van der Waals surface area contributed by atoms with E-state index < -0.39 is 107 Å². The largest absolute Gasteiger partial charge is 0.461 e. The number of Topliss-reactive ketones (excluding diaryl/α,β-unsaturated/α-hetero) is 4. The Balaban J connectivity index is 1.60. The van der Waals surface area contributed by atoms with Crippen molar-refractivity contribution in [3.63, 3.8) is 0 Å². The number of amides is 1. The predicted octanol–water partition coefficient (Wildman–Crippen LogP) is -3.99. The third kappa shape index (κ3) is 4.29. The van der Waals surface area contributed by atoms with Gasteiger partial charge in [0.1, 0.15) is 30.2 Å². The maximum absolute atomic E-state index is 14.1. The van der Waals surface area contributed by atoms with Crippen LogP contribution in [0.5, 0.6) is 5.75 Å². The third-order valence-electron chi connectivity index (χ3n) is 9.45. The SMILES string of the molecule is CN(C)[C@@H]1C(=O)C(C(N)=O)C(=O)[C@@]2(O)C(=O)C3C(=O)c4c(OC5OC(CO)C(O)C(O)C5O)cccc4[C@@](C)(O)C3C[C@@H]12. The van der Waals surface area contributed by atoms with E-state index in [1.807, 2.05) is 0 Å². The summed E-state index contributed by atoms with van der Waals surface area (Å²) in [6, 6.07) is 2.75. The molecule has 8 N–H and O–H groups in total. The number of carbonyl (C=O) groups excluding carboxylic acids is 5. The number of hydrogen-bond acceptors (Lipinski definition) is 14. The van der Waals surface area contributed by atoms with Crippen LogP contribution in [0.4, 0.5) is 0 Å². The highest BCUT2D eigenvalue weighted by molar-refractivity contribution is 6.32. The van der Waals surface area contributed by atoms with E-state index in [-0.39, 0.29) is 23.3 Å². The molecule has 4 aliphatic rings. The fourth-order valence-electron chi connectivity index (χ4n) is 7.25. The molecule has 2 saturated carbocycles. The lowest BCUT2D eigenvalue weighted by atomic mass is 9.49. The van der Waals surface area contributed by atoms with Crippen LogP contribution in [-0.4, -0.2) is 128 Å². The Labute approximate surface area is 244 Å². The molecule has 1 aromatic carbocycles. The molecule has 1 aromatic rings. The molecule has 1 heterocycles. The standard InChI is InChI=1S/C28H34N2O13/c1-27(40)9-5-4-6-12(42-26-22(36)21(35)18(32)13(8-31)43-26)14(9)19(33)15-10(27)7-11-17(30(2)3)20(34)16(25(29)39)24(38)28(11,41)23(15)37/h4-6,10-11,13,15-18,21-22,26,31-32,35-36,40-41H,7-8H2,1-3H3,(H2,29,39)/t10?,11-,13?,15?,16?,17-,18?,21?,22?,26?,27+,28-/m0/s1. The van der Waals surface area contributed by atoms with Crippen molar-refractivity contribution in [1.82, 2.24) is 4.90 Å². The number of primary amides is 1. The van der Waals surface area contributed by atoms with Gasteiger partial charge in [-0.1, -0.05) is 12.1 Å². The number of rotatable bonds is 5. The molecule has 0 bridgehead atoms. The number of hydrogen-bond donors (Lipinski definition) is 7. The van der Waals surface area contributed by atoms with E-state index in [0.29, 0.717) is 0 Å². The van der Waals surface area contributed by atoms with E-state index in [9.17, 15) is 54.6 Å². The second-order valence-electron chi connectivity index (χ2n) is 12.1. The van der Waals surface area contributed by atoms with Gasteiger partial charge in [-0.05, 0) is 39.1 Å². The number of nitrogens with zero attached hydrogens (tertiary/aromatic N) is 1. The highest BCUT2D eigenvalue weighted by Gasteiger charge is 2.71. The Morgan fingerprint density at radius 1 is 1.05 bits per heavy atom. The molecule has 15 heteroatoms.